The van der Waals surface area contributed by atoms with Gasteiger partial charge in [-0.3, -0.25) is 4.90 Å². The molecule has 2 amide bonds. The molecule has 2 rings (SSSR count). The minimum atomic E-state index is -1.03. The molecule has 1 aliphatic rings. The van der Waals surface area contributed by atoms with Crippen LogP contribution < -0.4 is 10.2 Å². The van der Waals surface area contributed by atoms with E-state index in [1.54, 1.807) is 25.2 Å². The van der Waals surface area contributed by atoms with Crippen molar-refractivity contribution < 1.29 is 14.7 Å². The lowest BCUT2D eigenvalue weighted by Crippen LogP contribution is -2.45. The second-order valence-corrected chi connectivity index (χ2v) is 5.85. The average molecular weight is 290 g/mol. The Kier molecular flexibility index (Phi) is 4.50. The third-order valence-corrected chi connectivity index (χ3v) is 4.57. The van der Waals surface area contributed by atoms with E-state index in [0.717, 1.165) is 12.8 Å². The number of hydrogen-bond acceptors (Lipinski definition) is 2. The summed E-state index contributed by atoms with van der Waals surface area (Å²) in [6.07, 6.45) is 2.09. The van der Waals surface area contributed by atoms with E-state index >= 15 is 0 Å². The molecule has 0 saturated heterocycles. The zero-order valence-corrected chi connectivity index (χ0v) is 12.7. The minimum absolute atomic E-state index is 0.128. The average Bonchev–Trinajstić information content (AvgIpc) is 2.78. The monoisotopic (exact) mass is 290 g/mol. The van der Waals surface area contributed by atoms with Gasteiger partial charge in [0.1, 0.15) is 0 Å². The Morgan fingerprint density at radius 1 is 1.24 bits per heavy atom. The second kappa shape index (κ2) is 6.16. The van der Waals surface area contributed by atoms with Crippen molar-refractivity contribution in [2.45, 2.75) is 32.7 Å². The lowest BCUT2D eigenvalue weighted by atomic mass is 9.98. The van der Waals surface area contributed by atoms with Crippen LogP contribution in [0, 0.1) is 11.8 Å². The number of carboxylic acid groups (broad SMARTS) is 1. The first kappa shape index (κ1) is 15.4. The number of carboxylic acids is 1. The third-order valence-electron chi connectivity index (χ3n) is 4.57. The molecule has 1 aromatic rings. The number of amides is 2. The fraction of sp³-hybridized carbons (Fsp3) is 0.500. The largest absolute Gasteiger partial charge is 0.478 e. The first-order valence-electron chi connectivity index (χ1n) is 7.28. The van der Waals surface area contributed by atoms with Crippen LogP contribution in [0.4, 0.5) is 10.5 Å². The van der Waals surface area contributed by atoms with Gasteiger partial charge in [0.2, 0.25) is 0 Å². The van der Waals surface area contributed by atoms with Crippen molar-refractivity contribution in [3.8, 4) is 0 Å². The first-order valence-corrected chi connectivity index (χ1v) is 7.28. The van der Waals surface area contributed by atoms with Crippen LogP contribution in [0.2, 0.25) is 0 Å². The predicted octanol–water partition coefficient (Wildman–Crippen LogP) is 2.97. The summed E-state index contributed by atoms with van der Waals surface area (Å²) in [5.41, 5.74) is 0.532. The van der Waals surface area contributed by atoms with Crippen LogP contribution in [0.15, 0.2) is 24.3 Å². The van der Waals surface area contributed by atoms with E-state index in [0.29, 0.717) is 17.5 Å². The molecule has 0 radical (unpaired) electrons. The number of hydrogen-bond donors (Lipinski definition) is 2. The van der Waals surface area contributed by atoms with Gasteiger partial charge in [-0.1, -0.05) is 26.0 Å². The van der Waals surface area contributed by atoms with E-state index in [2.05, 4.69) is 19.2 Å². The normalized spacial score (nSPS) is 24.6. The highest BCUT2D eigenvalue weighted by Gasteiger charge is 2.31. The Hall–Kier alpha value is -2.04. The molecule has 5 heteroatoms. The van der Waals surface area contributed by atoms with Crippen molar-refractivity contribution in [2.75, 3.05) is 11.9 Å². The van der Waals surface area contributed by atoms with E-state index in [9.17, 15) is 14.7 Å². The fourth-order valence-corrected chi connectivity index (χ4v) is 2.88. The summed E-state index contributed by atoms with van der Waals surface area (Å²) < 4.78 is 0. The SMILES string of the molecule is CC1CCC(NC(=O)N(C)c2ccccc2C(=O)O)C1C. The smallest absolute Gasteiger partial charge is 0.337 e. The molecular weight excluding hydrogens is 268 g/mol. The molecule has 0 aliphatic heterocycles. The van der Waals surface area contributed by atoms with E-state index in [1.165, 1.54) is 11.0 Å². The van der Waals surface area contributed by atoms with E-state index in [1.807, 2.05) is 0 Å². The first-order chi connectivity index (χ1) is 9.91. The number of nitrogens with zero attached hydrogens (tertiary/aromatic N) is 1. The molecule has 21 heavy (non-hydrogen) atoms. The standard InChI is InChI=1S/C16H22N2O3/c1-10-8-9-13(11(10)2)17-16(21)18(3)14-7-5-4-6-12(14)15(19)20/h4-7,10-11,13H,8-9H2,1-3H3,(H,17,21)(H,19,20). The molecule has 1 saturated carbocycles. The molecule has 0 bridgehead atoms. The van der Waals surface area contributed by atoms with E-state index < -0.39 is 5.97 Å². The van der Waals surface area contributed by atoms with Crippen molar-refractivity contribution in [1.29, 1.82) is 0 Å². The van der Waals surface area contributed by atoms with Gasteiger partial charge in [-0.15, -0.1) is 0 Å². The van der Waals surface area contributed by atoms with Crippen LogP contribution >= 0.6 is 0 Å². The van der Waals surface area contributed by atoms with Crippen LogP contribution in [0.5, 0.6) is 0 Å². The molecule has 1 fully saturated rings. The molecule has 0 spiro atoms. The lowest BCUT2D eigenvalue weighted by molar-refractivity contribution is 0.0697. The molecule has 0 heterocycles. The van der Waals surface area contributed by atoms with Crippen LogP contribution in [0.25, 0.3) is 0 Å². The Bertz CT molecular complexity index is 544. The maximum absolute atomic E-state index is 12.3. The van der Waals surface area contributed by atoms with Crippen LogP contribution in [-0.2, 0) is 0 Å². The number of para-hydroxylation sites is 1. The molecule has 1 aliphatic carbocycles. The van der Waals surface area contributed by atoms with Crippen molar-refractivity contribution in [3.63, 3.8) is 0 Å². The quantitative estimate of drug-likeness (QED) is 0.899. The van der Waals surface area contributed by atoms with Gasteiger partial charge in [0.05, 0.1) is 11.3 Å². The number of carbonyl (C=O) groups excluding carboxylic acids is 1. The van der Waals surface area contributed by atoms with Gasteiger partial charge in [-0.25, -0.2) is 9.59 Å². The summed E-state index contributed by atoms with van der Waals surface area (Å²) in [5.74, 6) is 0.0112. The highest BCUT2D eigenvalue weighted by atomic mass is 16.4. The fourth-order valence-electron chi connectivity index (χ4n) is 2.88. The molecule has 114 valence electrons. The van der Waals surface area contributed by atoms with Crippen LogP contribution in [-0.4, -0.2) is 30.2 Å². The van der Waals surface area contributed by atoms with Gasteiger partial charge in [0.25, 0.3) is 0 Å². The van der Waals surface area contributed by atoms with Crippen molar-refractivity contribution >= 4 is 17.7 Å². The molecule has 0 aromatic heterocycles. The Balaban J connectivity index is 2.11. The highest BCUT2D eigenvalue weighted by Crippen LogP contribution is 2.31. The summed E-state index contributed by atoms with van der Waals surface area (Å²) in [5, 5.41) is 12.2. The Morgan fingerprint density at radius 3 is 2.48 bits per heavy atom. The lowest BCUT2D eigenvalue weighted by Gasteiger charge is -2.25. The second-order valence-electron chi connectivity index (χ2n) is 5.85. The highest BCUT2D eigenvalue weighted by molar-refractivity contribution is 6.01. The minimum Gasteiger partial charge on any atom is -0.478 e. The third kappa shape index (κ3) is 3.17. The van der Waals surface area contributed by atoms with Gasteiger partial charge < -0.3 is 10.4 Å². The van der Waals surface area contributed by atoms with E-state index in [-0.39, 0.29) is 17.6 Å². The summed E-state index contributed by atoms with van der Waals surface area (Å²) >= 11 is 0. The summed E-state index contributed by atoms with van der Waals surface area (Å²) in [7, 11) is 1.60. The summed E-state index contributed by atoms with van der Waals surface area (Å²) in [4.78, 5) is 25.0. The number of carbonyl (C=O) groups is 2. The molecule has 1 aromatic carbocycles. The van der Waals surface area contributed by atoms with Gasteiger partial charge in [-0.05, 0) is 36.8 Å². The maximum atomic E-state index is 12.3. The molecule has 2 N–H and O–H groups in total. The van der Waals surface area contributed by atoms with Gasteiger partial charge >= 0.3 is 12.0 Å². The molecular formula is C16H22N2O3. The van der Waals surface area contributed by atoms with E-state index in [4.69, 9.17) is 0 Å². The number of benzene rings is 1. The number of aromatic carboxylic acids is 1. The summed E-state index contributed by atoms with van der Waals surface area (Å²) in [6.45, 7) is 4.34. The van der Waals surface area contributed by atoms with Crippen molar-refractivity contribution in [2.24, 2.45) is 11.8 Å². The zero-order valence-electron chi connectivity index (χ0n) is 12.7. The molecule has 5 nitrogen and oxygen atoms in total. The van der Waals surface area contributed by atoms with Gasteiger partial charge in [0.15, 0.2) is 0 Å². The topological polar surface area (TPSA) is 69.6 Å². The predicted molar refractivity (Wildman–Crippen MR) is 81.7 cm³/mol. The molecule has 3 unspecified atom stereocenters. The number of urea groups is 1. The van der Waals surface area contributed by atoms with Crippen molar-refractivity contribution in [1.82, 2.24) is 5.32 Å². The number of nitrogens with one attached hydrogen (secondary N) is 1. The summed E-state index contributed by atoms with van der Waals surface area (Å²) in [6, 6.07) is 6.43. The van der Waals surface area contributed by atoms with Crippen molar-refractivity contribution in [3.05, 3.63) is 29.8 Å². The van der Waals surface area contributed by atoms with Crippen LogP contribution in [0.3, 0.4) is 0 Å². The van der Waals surface area contributed by atoms with Crippen LogP contribution in [0.1, 0.15) is 37.0 Å². The number of anilines is 1. The zero-order chi connectivity index (χ0) is 15.6. The number of rotatable bonds is 3. The molecule has 3 atom stereocenters. The maximum Gasteiger partial charge on any atom is 0.337 e. The Labute approximate surface area is 125 Å². The van der Waals surface area contributed by atoms with Gasteiger partial charge in [0, 0.05) is 13.1 Å². The Morgan fingerprint density at radius 2 is 1.90 bits per heavy atom. The van der Waals surface area contributed by atoms with Gasteiger partial charge in [-0.2, -0.15) is 0 Å².